The monoisotopic (exact) mass is 346 g/mol. The van der Waals surface area contributed by atoms with Gasteiger partial charge in [0, 0.05) is 31.3 Å². The first-order valence-corrected chi connectivity index (χ1v) is 8.73. The van der Waals surface area contributed by atoms with E-state index in [2.05, 4.69) is 5.32 Å². The summed E-state index contributed by atoms with van der Waals surface area (Å²) in [5.41, 5.74) is 0.822. The van der Waals surface area contributed by atoms with Crippen molar-refractivity contribution in [2.75, 3.05) is 38.4 Å². The molecule has 2 aliphatic heterocycles. The molecule has 0 aliphatic carbocycles. The van der Waals surface area contributed by atoms with Crippen molar-refractivity contribution in [2.24, 2.45) is 11.0 Å². The summed E-state index contributed by atoms with van der Waals surface area (Å²) >= 11 is 0. The molecule has 136 valence electrons. The standard InChI is InChI=1S/C18H26N4O3/c1-4-25-12-11-21(3)18-16(9-10-19-17(18)24)13(2)20-22(18)14-5-7-15(23)8-6-14/h5-8,16,23H,4,9-12H2,1-3H3,(H,19,24). The van der Waals surface area contributed by atoms with Crippen LogP contribution in [0.3, 0.4) is 0 Å². The third kappa shape index (κ3) is 2.87. The number of hydrazone groups is 1. The van der Waals surface area contributed by atoms with Gasteiger partial charge in [-0.15, -0.1) is 0 Å². The van der Waals surface area contributed by atoms with Crippen LogP contribution < -0.4 is 10.3 Å². The molecule has 25 heavy (non-hydrogen) atoms. The molecule has 2 heterocycles. The first kappa shape index (κ1) is 17.7. The van der Waals surface area contributed by atoms with Crippen LogP contribution in [0, 0.1) is 5.92 Å². The summed E-state index contributed by atoms with van der Waals surface area (Å²) in [5.74, 6) is 0.158. The fourth-order valence-corrected chi connectivity index (χ4v) is 3.83. The number of phenolic OH excluding ortho intramolecular Hbond substituents is 1. The zero-order valence-electron chi connectivity index (χ0n) is 15.0. The quantitative estimate of drug-likeness (QED) is 0.761. The van der Waals surface area contributed by atoms with Crippen molar-refractivity contribution in [3.63, 3.8) is 0 Å². The Kier molecular flexibility index (Phi) is 4.96. The van der Waals surface area contributed by atoms with Crippen molar-refractivity contribution in [3.05, 3.63) is 24.3 Å². The van der Waals surface area contributed by atoms with E-state index >= 15 is 0 Å². The van der Waals surface area contributed by atoms with E-state index in [0.717, 1.165) is 17.8 Å². The second kappa shape index (κ2) is 7.01. The molecule has 1 aromatic carbocycles. The number of amides is 1. The minimum Gasteiger partial charge on any atom is -0.508 e. The Hall–Kier alpha value is -2.12. The number of rotatable bonds is 6. The predicted molar refractivity (Wildman–Crippen MR) is 96.7 cm³/mol. The van der Waals surface area contributed by atoms with Crippen LogP contribution in [-0.4, -0.2) is 60.6 Å². The number of anilines is 1. The van der Waals surface area contributed by atoms with Gasteiger partial charge in [0.15, 0.2) is 0 Å². The van der Waals surface area contributed by atoms with Crippen LogP contribution in [0.25, 0.3) is 0 Å². The van der Waals surface area contributed by atoms with Gasteiger partial charge >= 0.3 is 0 Å². The highest BCUT2D eigenvalue weighted by Crippen LogP contribution is 2.42. The van der Waals surface area contributed by atoms with E-state index in [1.165, 1.54) is 0 Å². The Morgan fingerprint density at radius 2 is 2.16 bits per heavy atom. The van der Waals surface area contributed by atoms with Crippen LogP contribution >= 0.6 is 0 Å². The number of likely N-dealkylation sites (N-methyl/N-ethyl adjacent to an activating group) is 1. The molecule has 0 spiro atoms. The number of fused-ring (bicyclic) bond motifs is 1. The highest BCUT2D eigenvalue weighted by Gasteiger charge is 2.60. The van der Waals surface area contributed by atoms with Crippen LogP contribution in [0.4, 0.5) is 5.69 Å². The molecule has 3 rings (SSSR count). The zero-order valence-corrected chi connectivity index (χ0v) is 15.0. The lowest BCUT2D eigenvalue weighted by Crippen LogP contribution is -2.71. The molecule has 0 bridgehead atoms. The van der Waals surface area contributed by atoms with E-state index in [4.69, 9.17) is 9.84 Å². The summed E-state index contributed by atoms with van der Waals surface area (Å²) in [6, 6.07) is 6.80. The first-order valence-electron chi connectivity index (χ1n) is 8.73. The molecule has 7 nitrogen and oxygen atoms in total. The zero-order chi connectivity index (χ0) is 18.0. The number of aromatic hydroxyl groups is 1. The van der Waals surface area contributed by atoms with Gasteiger partial charge in [0.2, 0.25) is 5.66 Å². The molecule has 1 saturated heterocycles. The number of nitrogens with zero attached hydrogens (tertiary/aromatic N) is 3. The van der Waals surface area contributed by atoms with E-state index in [1.807, 2.05) is 25.8 Å². The average molecular weight is 346 g/mol. The lowest BCUT2D eigenvalue weighted by Gasteiger charge is -2.48. The third-order valence-electron chi connectivity index (χ3n) is 5.07. The van der Waals surface area contributed by atoms with Crippen LogP contribution in [0.5, 0.6) is 5.75 Å². The minimum absolute atomic E-state index is 0.0154. The number of carbonyl (C=O) groups is 1. The summed E-state index contributed by atoms with van der Waals surface area (Å²) in [5, 5.41) is 19.1. The van der Waals surface area contributed by atoms with Gasteiger partial charge in [-0.25, -0.2) is 5.01 Å². The Bertz CT molecular complexity index is 661. The normalized spacial score (nSPS) is 25.8. The van der Waals surface area contributed by atoms with E-state index in [1.54, 1.807) is 29.3 Å². The molecular weight excluding hydrogens is 320 g/mol. The van der Waals surface area contributed by atoms with Gasteiger partial charge < -0.3 is 15.2 Å². The lowest BCUT2D eigenvalue weighted by molar-refractivity contribution is -0.137. The van der Waals surface area contributed by atoms with Gasteiger partial charge in [0.25, 0.3) is 5.91 Å². The van der Waals surface area contributed by atoms with Crippen molar-refractivity contribution >= 4 is 17.3 Å². The van der Waals surface area contributed by atoms with Crippen molar-refractivity contribution in [2.45, 2.75) is 25.9 Å². The number of carbonyl (C=O) groups excluding carboxylic acids is 1. The van der Waals surface area contributed by atoms with Crippen molar-refractivity contribution in [1.82, 2.24) is 10.2 Å². The number of hydrogen-bond donors (Lipinski definition) is 2. The Balaban J connectivity index is 2.02. The SMILES string of the molecule is CCOCCN(C)C12C(=O)NCCC1C(C)=NN2c1ccc(O)cc1. The highest BCUT2D eigenvalue weighted by molar-refractivity contribution is 6.02. The predicted octanol–water partition coefficient (Wildman–Crippen LogP) is 1.39. The van der Waals surface area contributed by atoms with Gasteiger partial charge in [-0.05, 0) is 51.6 Å². The molecule has 1 amide bonds. The van der Waals surface area contributed by atoms with Crippen molar-refractivity contribution < 1.29 is 14.6 Å². The second-order valence-electron chi connectivity index (χ2n) is 6.51. The van der Waals surface area contributed by atoms with E-state index < -0.39 is 5.66 Å². The molecular formula is C18H26N4O3. The van der Waals surface area contributed by atoms with Crippen molar-refractivity contribution in [3.8, 4) is 5.75 Å². The molecule has 2 unspecified atom stereocenters. The molecule has 2 N–H and O–H groups in total. The van der Waals surface area contributed by atoms with Gasteiger partial charge in [-0.1, -0.05) is 0 Å². The molecule has 2 aliphatic rings. The van der Waals surface area contributed by atoms with Crippen LogP contribution in [-0.2, 0) is 9.53 Å². The fraction of sp³-hybridized carbons (Fsp3) is 0.556. The first-order chi connectivity index (χ1) is 12.0. The Morgan fingerprint density at radius 1 is 1.44 bits per heavy atom. The Morgan fingerprint density at radius 3 is 2.84 bits per heavy atom. The van der Waals surface area contributed by atoms with E-state index in [9.17, 15) is 9.90 Å². The van der Waals surface area contributed by atoms with Crippen LogP contribution in [0.1, 0.15) is 20.3 Å². The maximum absolute atomic E-state index is 13.1. The summed E-state index contributed by atoms with van der Waals surface area (Å²) in [6.07, 6.45) is 0.842. The van der Waals surface area contributed by atoms with Gasteiger partial charge in [-0.3, -0.25) is 9.69 Å². The molecule has 0 radical (unpaired) electrons. The summed E-state index contributed by atoms with van der Waals surface area (Å²) in [6.45, 7) is 6.41. The van der Waals surface area contributed by atoms with Crippen molar-refractivity contribution in [1.29, 1.82) is 0 Å². The number of hydrogen-bond acceptors (Lipinski definition) is 6. The average Bonchev–Trinajstić information content (AvgIpc) is 2.91. The number of piperidine rings is 1. The van der Waals surface area contributed by atoms with E-state index in [0.29, 0.717) is 26.3 Å². The molecule has 1 aromatic rings. The number of benzene rings is 1. The number of ether oxygens (including phenoxy) is 1. The molecule has 1 fully saturated rings. The topological polar surface area (TPSA) is 77.4 Å². The van der Waals surface area contributed by atoms with Crippen LogP contribution in [0.15, 0.2) is 29.4 Å². The molecule has 2 atom stereocenters. The molecule has 0 saturated carbocycles. The number of phenols is 1. The van der Waals surface area contributed by atoms with Crippen LogP contribution in [0.2, 0.25) is 0 Å². The summed E-state index contributed by atoms with van der Waals surface area (Å²) in [4.78, 5) is 15.1. The van der Waals surface area contributed by atoms with E-state index in [-0.39, 0.29) is 17.6 Å². The lowest BCUT2D eigenvalue weighted by atomic mass is 9.81. The largest absolute Gasteiger partial charge is 0.508 e. The highest BCUT2D eigenvalue weighted by atomic mass is 16.5. The maximum Gasteiger partial charge on any atom is 0.263 e. The minimum atomic E-state index is -0.906. The van der Waals surface area contributed by atoms with Gasteiger partial charge in [0.1, 0.15) is 5.75 Å². The Labute approximate surface area is 148 Å². The smallest absolute Gasteiger partial charge is 0.263 e. The molecule has 0 aromatic heterocycles. The third-order valence-corrected chi connectivity index (χ3v) is 5.07. The summed E-state index contributed by atoms with van der Waals surface area (Å²) in [7, 11) is 1.94. The van der Waals surface area contributed by atoms with Gasteiger partial charge in [-0.2, -0.15) is 5.10 Å². The molecule has 7 heteroatoms. The van der Waals surface area contributed by atoms with Gasteiger partial charge in [0.05, 0.1) is 12.3 Å². The second-order valence-corrected chi connectivity index (χ2v) is 6.51. The fourth-order valence-electron chi connectivity index (χ4n) is 3.83. The summed E-state index contributed by atoms with van der Waals surface area (Å²) < 4.78 is 5.50. The maximum atomic E-state index is 13.1. The number of nitrogens with one attached hydrogen (secondary N) is 1.